The minimum absolute atomic E-state index is 0.174. The number of halogens is 1. The molecule has 1 aromatic heterocycles. The summed E-state index contributed by atoms with van der Waals surface area (Å²) in [6.45, 7) is 0. The van der Waals surface area contributed by atoms with Crippen LogP contribution in [-0.2, 0) is 10.2 Å². The summed E-state index contributed by atoms with van der Waals surface area (Å²) in [7, 11) is -0.659. The van der Waals surface area contributed by atoms with Gasteiger partial charge in [-0.3, -0.25) is 9.71 Å². The lowest BCUT2D eigenvalue weighted by Crippen LogP contribution is -2.29. The van der Waals surface area contributed by atoms with Crippen LogP contribution in [0.3, 0.4) is 0 Å². The molecule has 0 aromatic carbocycles. The van der Waals surface area contributed by atoms with E-state index in [-0.39, 0.29) is 5.82 Å². The molecular formula is C6H9BrN4O2S. The Balaban J connectivity index is 2.90. The Hall–Kier alpha value is -0.730. The first kappa shape index (κ1) is 11.3. The highest BCUT2D eigenvalue weighted by molar-refractivity contribution is 9.10. The third-order valence-corrected chi connectivity index (χ3v) is 3.13. The monoisotopic (exact) mass is 280 g/mol. The van der Waals surface area contributed by atoms with Crippen molar-refractivity contribution in [3.05, 3.63) is 17.0 Å². The van der Waals surface area contributed by atoms with Gasteiger partial charge in [-0.25, -0.2) is 4.98 Å². The zero-order chi connectivity index (χ0) is 10.8. The summed E-state index contributed by atoms with van der Waals surface area (Å²) >= 11 is 3.08. The van der Waals surface area contributed by atoms with Crippen molar-refractivity contribution < 1.29 is 8.42 Å². The zero-order valence-electron chi connectivity index (χ0n) is 7.60. The fourth-order valence-electron chi connectivity index (χ4n) is 0.615. The predicted octanol–water partition coefficient (Wildman–Crippen LogP) is 0.457. The van der Waals surface area contributed by atoms with Crippen molar-refractivity contribution in [1.82, 2.24) is 14.3 Å². The summed E-state index contributed by atoms with van der Waals surface area (Å²) in [5.74, 6) is 0.174. The second kappa shape index (κ2) is 4.20. The first-order valence-electron chi connectivity index (χ1n) is 3.59. The maximum atomic E-state index is 11.3. The van der Waals surface area contributed by atoms with E-state index in [0.29, 0.717) is 4.60 Å². The van der Waals surface area contributed by atoms with Crippen LogP contribution in [0.2, 0.25) is 0 Å². The number of rotatable bonds is 3. The smallest absolute Gasteiger partial charge is 0.258 e. The number of nitrogens with one attached hydrogen (secondary N) is 1. The Kier molecular flexibility index (Phi) is 3.40. The number of aromatic nitrogens is 2. The van der Waals surface area contributed by atoms with E-state index in [4.69, 9.17) is 0 Å². The van der Waals surface area contributed by atoms with Gasteiger partial charge in [0.1, 0.15) is 4.60 Å². The molecule has 0 aliphatic rings. The van der Waals surface area contributed by atoms with Crippen molar-refractivity contribution in [3.63, 3.8) is 0 Å². The molecule has 0 unspecified atom stereocenters. The zero-order valence-corrected chi connectivity index (χ0v) is 10.0. The van der Waals surface area contributed by atoms with Crippen LogP contribution < -0.4 is 4.72 Å². The van der Waals surface area contributed by atoms with Crippen molar-refractivity contribution >= 4 is 32.0 Å². The van der Waals surface area contributed by atoms with Gasteiger partial charge in [0.2, 0.25) is 0 Å². The lowest BCUT2D eigenvalue weighted by atomic mass is 10.7. The van der Waals surface area contributed by atoms with Gasteiger partial charge in [0, 0.05) is 14.1 Å². The van der Waals surface area contributed by atoms with E-state index in [1.54, 1.807) is 0 Å². The van der Waals surface area contributed by atoms with E-state index < -0.39 is 10.2 Å². The molecule has 0 spiro atoms. The molecule has 1 N–H and O–H groups in total. The highest BCUT2D eigenvalue weighted by Crippen LogP contribution is 2.09. The maximum Gasteiger partial charge on any atom is 0.302 e. The summed E-state index contributed by atoms with van der Waals surface area (Å²) in [6.07, 6.45) is 2.79. The van der Waals surface area contributed by atoms with E-state index in [0.717, 1.165) is 4.31 Å². The fourth-order valence-corrected chi connectivity index (χ4v) is 1.47. The molecule has 0 saturated heterocycles. The van der Waals surface area contributed by atoms with Gasteiger partial charge in [-0.15, -0.1) is 0 Å². The summed E-state index contributed by atoms with van der Waals surface area (Å²) in [5, 5.41) is 0. The normalized spacial score (nSPS) is 11.7. The van der Waals surface area contributed by atoms with Gasteiger partial charge >= 0.3 is 10.2 Å². The third kappa shape index (κ3) is 2.89. The van der Waals surface area contributed by atoms with Crippen LogP contribution in [0, 0.1) is 0 Å². The van der Waals surface area contributed by atoms with Gasteiger partial charge in [-0.05, 0) is 15.9 Å². The van der Waals surface area contributed by atoms with Crippen LogP contribution in [0.25, 0.3) is 0 Å². The molecule has 0 radical (unpaired) electrons. The van der Waals surface area contributed by atoms with Gasteiger partial charge < -0.3 is 0 Å². The van der Waals surface area contributed by atoms with E-state index in [9.17, 15) is 8.42 Å². The van der Waals surface area contributed by atoms with Crippen LogP contribution in [0.4, 0.5) is 5.82 Å². The molecular weight excluding hydrogens is 272 g/mol. The Labute approximate surface area is 90.7 Å². The van der Waals surface area contributed by atoms with Gasteiger partial charge in [0.05, 0.1) is 12.4 Å². The molecule has 0 aliphatic heterocycles. The standard InChI is InChI=1S/C6H9BrN4O2S/c1-11(2)14(12,13)10-6-4-8-3-5(7)9-6/h3-4H,1-2H3,(H,9,10). The summed E-state index contributed by atoms with van der Waals surface area (Å²) < 4.78 is 26.5. The molecule has 14 heavy (non-hydrogen) atoms. The Morgan fingerprint density at radius 2 is 2.07 bits per heavy atom. The van der Waals surface area contributed by atoms with Crippen molar-refractivity contribution in [2.45, 2.75) is 0 Å². The van der Waals surface area contributed by atoms with Crippen LogP contribution in [-0.4, -0.2) is 36.8 Å². The average Bonchev–Trinajstić information content (AvgIpc) is 2.02. The second-order valence-corrected chi connectivity index (χ2v) is 5.31. The number of anilines is 1. The lowest BCUT2D eigenvalue weighted by molar-refractivity contribution is 0.526. The minimum atomic E-state index is -3.51. The quantitative estimate of drug-likeness (QED) is 0.873. The molecule has 1 aromatic rings. The largest absolute Gasteiger partial charge is 0.302 e. The molecule has 1 heterocycles. The van der Waals surface area contributed by atoms with Crippen LogP contribution in [0.5, 0.6) is 0 Å². The minimum Gasteiger partial charge on any atom is -0.258 e. The highest BCUT2D eigenvalue weighted by Gasteiger charge is 2.13. The van der Waals surface area contributed by atoms with Gasteiger partial charge in [0.25, 0.3) is 0 Å². The predicted molar refractivity (Wildman–Crippen MR) is 56.0 cm³/mol. The fraction of sp³-hybridized carbons (Fsp3) is 0.333. The molecule has 78 valence electrons. The third-order valence-electron chi connectivity index (χ3n) is 1.32. The Morgan fingerprint density at radius 3 is 2.57 bits per heavy atom. The molecule has 1 rings (SSSR count). The first-order valence-corrected chi connectivity index (χ1v) is 5.83. The Bertz CT molecular complexity index is 420. The van der Waals surface area contributed by atoms with Gasteiger partial charge in [-0.2, -0.15) is 12.7 Å². The van der Waals surface area contributed by atoms with Gasteiger partial charge in [0.15, 0.2) is 5.82 Å². The molecule has 0 fully saturated rings. The number of hydrogen-bond acceptors (Lipinski definition) is 4. The van der Waals surface area contributed by atoms with Crippen molar-refractivity contribution in [1.29, 1.82) is 0 Å². The highest BCUT2D eigenvalue weighted by atomic mass is 79.9. The summed E-state index contributed by atoms with van der Waals surface area (Å²) in [5.41, 5.74) is 0. The first-order chi connectivity index (χ1) is 6.42. The number of nitrogens with zero attached hydrogens (tertiary/aromatic N) is 3. The van der Waals surface area contributed by atoms with Crippen LogP contribution in [0.1, 0.15) is 0 Å². The Morgan fingerprint density at radius 1 is 1.43 bits per heavy atom. The SMILES string of the molecule is CN(C)S(=O)(=O)Nc1cncc(Br)n1. The molecule has 0 amide bonds. The number of hydrogen-bond donors (Lipinski definition) is 1. The van der Waals surface area contributed by atoms with E-state index in [1.807, 2.05) is 0 Å². The van der Waals surface area contributed by atoms with E-state index in [2.05, 4.69) is 30.6 Å². The van der Waals surface area contributed by atoms with Crippen LogP contribution in [0.15, 0.2) is 17.0 Å². The molecule has 8 heteroatoms. The van der Waals surface area contributed by atoms with Crippen molar-refractivity contribution in [2.24, 2.45) is 0 Å². The van der Waals surface area contributed by atoms with Crippen molar-refractivity contribution in [2.75, 3.05) is 18.8 Å². The maximum absolute atomic E-state index is 11.3. The molecule has 0 aliphatic carbocycles. The van der Waals surface area contributed by atoms with E-state index >= 15 is 0 Å². The van der Waals surface area contributed by atoms with Crippen LogP contribution >= 0.6 is 15.9 Å². The summed E-state index contributed by atoms with van der Waals surface area (Å²) in [6, 6.07) is 0. The molecule has 6 nitrogen and oxygen atoms in total. The van der Waals surface area contributed by atoms with E-state index in [1.165, 1.54) is 26.5 Å². The molecule has 0 atom stereocenters. The van der Waals surface area contributed by atoms with Gasteiger partial charge in [-0.1, -0.05) is 0 Å². The van der Waals surface area contributed by atoms with Crippen molar-refractivity contribution in [3.8, 4) is 0 Å². The second-order valence-electron chi connectivity index (χ2n) is 2.62. The molecule has 0 saturated carbocycles. The topological polar surface area (TPSA) is 75.2 Å². The summed E-state index contributed by atoms with van der Waals surface area (Å²) in [4.78, 5) is 7.65. The lowest BCUT2D eigenvalue weighted by Gasteiger charge is -2.12. The average molecular weight is 281 g/mol. The molecule has 0 bridgehead atoms.